The van der Waals surface area contributed by atoms with Crippen LogP contribution in [0.3, 0.4) is 0 Å². The van der Waals surface area contributed by atoms with Crippen LogP contribution in [-0.2, 0) is 9.26 Å². The fourth-order valence-electron chi connectivity index (χ4n) is 6.06. The van der Waals surface area contributed by atoms with E-state index in [1.54, 1.807) is 12.1 Å². The summed E-state index contributed by atoms with van der Waals surface area (Å²) in [5.41, 5.74) is 1.66. The van der Waals surface area contributed by atoms with Crippen LogP contribution in [0.15, 0.2) is 29.8 Å². The molecule has 1 N–H and O–H groups in total. The number of likely N-dealkylation sites (tertiary alicyclic amines) is 1. The van der Waals surface area contributed by atoms with E-state index in [4.69, 9.17) is 15.1 Å². The topological polar surface area (TPSA) is 68.2 Å². The summed E-state index contributed by atoms with van der Waals surface area (Å²) in [6, 6.07) is 4.69. The number of benzene rings is 1. The lowest BCUT2D eigenvalue weighted by atomic mass is 9.76. The normalized spacial score (nSPS) is 29.5. The minimum absolute atomic E-state index is 0.0515. The number of piperidine rings is 1. The number of ether oxygens (including phenoxy) is 1. The van der Waals surface area contributed by atoms with Gasteiger partial charge < -0.3 is 23.8 Å². The van der Waals surface area contributed by atoms with Crippen molar-refractivity contribution in [3.63, 3.8) is 0 Å². The van der Waals surface area contributed by atoms with Crippen molar-refractivity contribution in [2.24, 2.45) is 11.8 Å². The molecule has 4 atom stereocenters. The Hall–Kier alpha value is -1.03. The molecule has 8 heteroatoms. The Balaban J connectivity index is 1.30. The van der Waals surface area contributed by atoms with E-state index in [0.29, 0.717) is 29.8 Å². The monoisotopic (exact) mass is 537 g/mol. The van der Waals surface area contributed by atoms with Gasteiger partial charge in [-0.15, -0.1) is 0 Å². The fraction of sp³-hybridized carbons (Fsp3) is 0.679. The number of phenols is 1. The third-order valence-electron chi connectivity index (χ3n) is 8.21. The molecule has 1 heterocycles. The fourth-order valence-corrected chi connectivity index (χ4v) is 6.42. The zero-order valence-electron chi connectivity index (χ0n) is 22.3. The van der Waals surface area contributed by atoms with Crippen LogP contribution in [0.2, 0.25) is 0 Å². The lowest BCUT2D eigenvalue weighted by Crippen LogP contribution is -2.34. The summed E-state index contributed by atoms with van der Waals surface area (Å²) >= 11 is 0. The Morgan fingerprint density at radius 3 is 2.61 bits per heavy atom. The number of rotatable bonds is 11. The van der Waals surface area contributed by atoms with Gasteiger partial charge in [0.05, 0.1) is 35.1 Å². The molecule has 200 valence electrons. The first kappa shape index (κ1) is 26.6. The van der Waals surface area contributed by atoms with Gasteiger partial charge in [0.25, 0.3) is 0 Å². The number of Topliss-reactive ketones (excluding diaryl/α,β-unsaturated/α-hetero) is 1. The quantitative estimate of drug-likeness (QED) is 0.209. The van der Waals surface area contributed by atoms with E-state index in [1.807, 2.05) is 0 Å². The molecule has 1 aliphatic heterocycles. The second kappa shape index (κ2) is 14.2. The third-order valence-corrected chi connectivity index (χ3v) is 8.84. The maximum atomic E-state index is 13.1. The first-order valence-electron chi connectivity index (χ1n) is 14.2. The molecule has 0 spiro atoms. The summed E-state index contributed by atoms with van der Waals surface area (Å²) in [4.78, 5) is 15.7. The smallest absolute Gasteiger partial charge is 0.167 e. The molecule has 2 saturated carbocycles. The molecule has 3 fully saturated rings. The summed E-state index contributed by atoms with van der Waals surface area (Å²) in [5, 5.41) is 10.4. The summed E-state index contributed by atoms with van der Waals surface area (Å²) in [7, 11) is 1.95. The Labute approximate surface area is 222 Å². The van der Waals surface area contributed by atoms with Crippen molar-refractivity contribution in [1.29, 1.82) is 1.28 Å². The van der Waals surface area contributed by atoms with E-state index in [-0.39, 0.29) is 23.6 Å². The molecule has 0 aromatic heterocycles. The molecule has 36 heavy (non-hydrogen) atoms. The number of ketones is 1. The molecular formula is C28H43NO5P2. The van der Waals surface area contributed by atoms with Crippen LogP contribution >= 0.6 is 18.9 Å². The number of hydrogen-bond acceptors (Lipinski definition) is 6. The molecule has 0 amide bonds. The standard InChI is InChI=1S/C28H43NO5P2/c30-27(26-11-10-25(34-36)19-28(26)31)18-21-6-9-24(33-35)17-22(21)16-20-4-7-23(8-5-20)32-15-14-29-12-2-1-3-13-29/h10-11,16,19-21,23-24,31H,1-9,12-15,17-18,35-36H2/b22-16+/i36T. The van der Waals surface area contributed by atoms with Gasteiger partial charge in [0.2, 0.25) is 0 Å². The van der Waals surface area contributed by atoms with Crippen LogP contribution in [0.4, 0.5) is 0 Å². The molecule has 4 unspecified atom stereocenters. The predicted octanol–water partition coefficient (Wildman–Crippen LogP) is 6.10. The number of nitrogens with zero attached hydrogens (tertiary/aromatic N) is 1. The zero-order valence-corrected chi connectivity index (χ0v) is 23.5. The first-order valence-corrected chi connectivity index (χ1v) is 14.5. The number of allylic oxidation sites excluding steroid dienone is 1. The number of aromatic hydroxyl groups is 1. The number of hydrogen-bond donors (Lipinski definition) is 1. The molecule has 2 aliphatic carbocycles. The van der Waals surface area contributed by atoms with E-state index >= 15 is 0 Å². The van der Waals surface area contributed by atoms with Crippen LogP contribution in [0.1, 0.15) is 81.0 Å². The van der Waals surface area contributed by atoms with Crippen molar-refractivity contribution in [3.8, 4) is 11.5 Å². The minimum atomic E-state index is -0.456. The van der Waals surface area contributed by atoms with Gasteiger partial charge in [-0.2, -0.15) is 0 Å². The predicted molar refractivity (Wildman–Crippen MR) is 149 cm³/mol. The zero-order chi connectivity index (χ0) is 26.0. The van der Waals surface area contributed by atoms with Gasteiger partial charge in [0.1, 0.15) is 11.5 Å². The Bertz CT molecular complexity index is 903. The maximum Gasteiger partial charge on any atom is 0.167 e. The molecule has 1 aromatic carbocycles. The average Bonchev–Trinajstić information content (AvgIpc) is 2.91. The molecule has 1 saturated heterocycles. The van der Waals surface area contributed by atoms with Gasteiger partial charge >= 0.3 is 0 Å². The van der Waals surface area contributed by atoms with E-state index in [2.05, 4.69) is 20.4 Å². The van der Waals surface area contributed by atoms with Crippen molar-refractivity contribution in [2.45, 2.75) is 82.8 Å². The Kier molecular flexibility index (Phi) is 10.5. The van der Waals surface area contributed by atoms with Crippen molar-refractivity contribution >= 4 is 24.7 Å². The van der Waals surface area contributed by atoms with Crippen LogP contribution in [0.25, 0.3) is 0 Å². The van der Waals surface area contributed by atoms with E-state index in [9.17, 15) is 9.90 Å². The molecular weight excluding hydrogens is 492 g/mol. The van der Waals surface area contributed by atoms with Gasteiger partial charge in [-0.05, 0) is 94.8 Å². The second-order valence-electron chi connectivity index (χ2n) is 10.7. The van der Waals surface area contributed by atoms with Gasteiger partial charge in [-0.1, -0.05) is 18.1 Å². The summed E-state index contributed by atoms with van der Waals surface area (Å²) in [6.07, 6.45) is 14.5. The summed E-state index contributed by atoms with van der Waals surface area (Å²) in [6.45, 7) is 4.35. The SMILES string of the molecule is [3H]POc1ccc(C(=O)CC2CCC(OP)C/C2=C\C2CCC(OCCN3CCCCC3)CC2)c(O)c1. The average molecular weight is 538 g/mol. The molecule has 6 nitrogen and oxygen atoms in total. The van der Waals surface area contributed by atoms with Crippen LogP contribution in [-0.4, -0.2) is 55.5 Å². The van der Waals surface area contributed by atoms with E-state index < -0.39 is 9.41 Å². The Morgan fingerprint density at radius 2 is 1.89 bits per heavy atom. The summed E-state index contributed by atoms with van der Waals surface area (Å²) < 4.78 is 24.2. The third kappa shape index (κ3) is 7.98. The highest BCUT2D eigenvalue weighted by molar-refractivity contribution is 7.10. The number of phenolic OH excluding ortho intramolecular Hbond substituents is 1. The number of carbonyl (C=O) groups is 1. The van der Waals surface area contributed by atoms with Crippen molar-refractivity contribution in [2.75, 3.05) is 26.2 Å². The van der Waals surface area contributed by atoms with E-state index in [0.717, 1.165) is 58.1 Å². The molecule has 0 bridgehead atoms. The van der Waals surface area contributed by atoms with E-state index in [1.165, 1.54) is 44.0 Å². The second-order valence-corrected chi connectivity index (χ2v) is 11.2. The lowest BCUT2D eigenvalue weighted by molar-refractivity contribution is 0.00873. The highest BCUT2D eigenvalue weighted by Gasteiger charge is 2.30. The molecule has 1 aromatic rings. The molecule has 3 aliphatic rings. The Morgan fingerprint density at radius 1 is 1.11 bits per heavy atom. The first-order chi connectivity index (χ1) is 18.1. The van der Waals surface area contributed by atoms with Gasteiger partial charge in [-0.25, -0.2) is 0 Å². The molecule has 4 rings (SSSR count). The largest absolute Gasteiger partial charge is 0.507 e. The van der Waals surface area contributed by atoms with Crippen molar-refractivity contribution in [3.05, 3.63) is 35.4 Å². The van der Waals surface area contributed by atoms with Gasteiger partial charge in [0.15, 0.2) is 5.78 Å². The van der Waals surface area contributed by atoms with Gasteiger partial charge in [-0.3, -0.25) is 4.79 Å². The van der Waals surface area contributed by atoms with Crippen molar-refractivity contribution < 1.29 is 23.7 Å². The van der Waals surface area contributed by atoms with Crippen LogP contribution in [0.5, 0.6) is 11.5 Å². The highest BCUT2D eigenvalue weighted by atomic mass is 31.0. The highest BCUT2D eigenvalue weighted by Crippen LogP contribution is 2.39. The lowest BCUT2D eigenvalue weighted by Gasteiger charge is -2.33. The maximum absolute atomic E-state index is 13.1. The van der Waals surface area contributed by atoms with Crippen molar-refractivity contribution in [1.82, 2.24) is 4.90 Å². The summed E-state index contributed by atoms with van der Waals surface area (Å²) in [5.74, 6) is 0.976. The van der Waals surface area contributed by atoms with Gasteiger partial charge in [0, 0.05) is 28.5 Å². The van der Waals surface area contributed by atoms with Crippen LogP contribution in [0, 0.1) is 11.8 Å². The number of carbonyl (C=O) groups excluding carboxylic acids is 1. The molecule has 0 radical (unpaired) electrons. The minimum Gasteiger partial charge on any atom is -0.507 e. The van der Waals surface area contributed by atoms with Crippen LogP contribution < -0.4 is 4.52 Å².